The molecule has 2 N–H and O–H groups in total. The Morgan fingerprint density at radius 3 is 2.63 bits per heavy atom. The summed E-state index contributed by atoms with van der Waals surface area (Å²) in [5, 5.41) is 11.4. The summed E-state index contributed by atoms with van der Waals surface area (Å²) in [6, 6.07) is 0. The molecule has 108 valence electrons. The van der Waals surface area contributed by atoms with Gasteiger partial charge in [-0.25, -0.2) is 9.37 Å². The fourth-order valence-electron chi connectivity index (χ4n) is 1.42. The molecule has 0 radical (unpaired) electrons. The van der Waals surface area contributed by atoms with Gasteiger partial charge in [-0.1, -0.05) is 0 Å². The minimum Gasteiger partial charge on any atom is -0.395 e. The lowest BCUT2D eigenvalue weighted by Gasteiger charge is -2.24. The van der Waals surface area contributed by atoms with E-state index < -0.39 is 31.0 Å². The number of aliphatic hydroxyl groups excluding tert-OH is 1. The van der Waals surface area contributed by atoms with Gasteiger partial charge in [0.1, 0.15) is 6.54 Å². The average molecular weight is 282 g/mol. The lowest BCUT2D eigenvalue weighted by Crippen LogP contribution is -2.37. The maximum Gasteiger partial charge on any atom is 0.405 e. The molecule has 0 aliphatic rings. The van der Waals surface area contributed by atoms with E-state index in [1.54, 1.807) is 6.92 Å². The topological polar surface area (TPSA) is 61.3 Å². The van der Waals surface area contributed by atoms with E-state index in [2.05, 4.69) is 15.3 Å². The summed E-state index contributed by atoms with van der Waals surface area (Å²) in [5.41, 5.74) is 0. The van der Waals surface area contributed by atoms with Crippen molar-refractivity contribution in [3.63, 3.8) is 0 Å². The minimum atomic E-state index is -4.52. The molecule has 0 saturated heterocycles. The third kappa shape index (κ3) is 4.86. The summed E-state index contributed by atoms with van der Waals surface area (Å²) in [7, 11) is 0. The normalized spacial score (nSPS) is 11.5. The van der Waals surface area contributed by atoms with Crippen LogP contribution in [0.5, 0.6) is 0 Å². The molecule has 0 aliphatic heterocycles. The molecule has 0 aromatic carbocycles. The first-order valence-electron chi connectivity index (χ1n) is 5.56. The van der Waals surface area contributed by atoms with Crippen LogP contribution in [0.3, 0.4) is 0 Å². The van der Waals surface area contributed by atoms with Crippen LogP contribution in [0.25, 0.3) is 0 Å². The molecule has 0 saturated carbocycles. The van der Waals surface area contributed by atoms with E-state index in [4.69, 9.17) is 5.11 Å². The molecule has 9 heteroatoms. The summed E-state index contributed by atoms with van der Waals surface area (Å²) in [6.45, 7) is -0.125. The number of nitrogens with zero attached hydrogens (tertiary/aromatic N) is 3. The van der Waals surface area contributed by atoms with E-state index in [1.165, 1.54) is 0 Å². The third-order valence-electron chi connectivity index (χ3n) is 2.10. The monoisotopic (exact) mass is 282 g/mol. The van der Waals surface area contributed by atoms with Crippen molar-refractivity contribution in [2.45, 2.75) is 13.1 Å². The van der Waals surface area contributed by atoms with E-state index >= 15 is 0 Å². The van der Waals surface area contributed by atoms with Crippen molar-refractivity contribution in [2.24, 2.45) is 0 Å². The van der Waals surface area contributed by atoms with Crippen molar-refractivity contribution in [1.82, 2.24) is 9.97 Å². The van der Waals surface area contributed by atoms with Crippen LogP contribution >= 0.6 is 0 Å². The van der Waals surface area contributed by atoms with Gasteiger partial charge >= 0.3 is 6.18 Å². The SMILES string of the molecule is CCNc1ncc(F)c(N(CCO)CC(F)(F)F)n1. The molecular weight excluding hydrogens is 268 g/mol. The Bertz CT molecular complexity index is 413. The minimum absolute atomic E-state index is 0.0315. The Balaban J connectivity index is 3.03. The van der Waals surface area contributed by atoms with Crippen molar-refractivity contribution < 1.29 is 22.7 Å². The number of halogens is 4. The van der Waals surface area contributed by atoms with E-state index in [0.717, 1.165) is 6.20 Å². The summed E-state index contributed by atoms with van der Waals surface area (Å²) in [5.74, 6) is -1.43. The lowest BCUT2D eigenvalue weighted by molar-refractivity contribution is -0.120. The molecular formula is C10H14F4N4O. The Morgan fingerprint density at radius 2 is 2.11 bits per heavy atom. The zero-order valence-electron chi connectivity index (χ0n) is 10.2. The molecule has 0 bridgehead atoms. The van der Waals surface area contributed by atoms with E-state index in [0.29, 0.717) is 11.4 Å². The van der Waals surface area contributed by atoms with Crippen molar-refractivity contribution >= 4 is 11.8 Å². The van der Waals surface area contributed by atoms with Gasteiger partial charge < -0.3 is 15.3 Å². The van der Waals surface area contributed by atoms with Crippen molar-refractivity contribution in [1.29, 1.82) is 0 Å². The molecule has 1 aromatic heterocycles. The van der Waals surface area contributed by atoms with E-state index in [1.807, 2.05) is 0 Å². The predicted molar refractivity (Wildman–Crippen MR) is 61.5 cm³/mol. The molecule has 0 unspecified atom stereocenters. The van der Waals surface area contributed by atoms with Gasteiger partial charge in [0.15, 0.2) is 11.6 Å². The van der Waals surface area contributed by atoms with Crippen LogP contribution in [0.1, 0.15) is 6.92 Å². The number of aliphatic hydroxyl groups is 1. The zero-order valence-corrected chi connectivity index (χ0v) is 10.2. The summed E-state index contributed by atoms with van der Waals surface area (Å²) in [4.78, 5) is 7.91. The molecule has 1 aromatic rings. The van der Waals surface area contributed by atoms with Crippen LogP contribution in [0.2, 0.25) is 0 Å². The van der Waals surface area contributed by atoms with Gasteiger partial charge in [0, 0.05) is 13.1 Å². The van der Waals surface area contributed by atoms with E-state index in [-0.39, 0.29) is 12.5 Å². The van der Waals surface area contributed by atoms with Gasteiger partial charge in [0.2, 0.25) is 5.95 Å². The number of rotatable bonds is 6. The molecule has 5 nitrogen and oxygen atoms in total. The highest BCUT2D eigenvalue weighted by molar-refractivity contribution is 5.44. The molecule has 19 heavy (non-hydrogen) atoms. The second-order valence-electron chi connectivity index (χ2n) is 3.66. The average Bonchev–Trinajstić information content (AvgIpc) is 2.30. The number of nitrogens with one attached hydrogen (secondary N) is 1. The molecule has 1 heterocycles. The standard InChI is InChI=1S/C10H14F4N4O/c1-2-15-9-16-5-7(11)8(17-9)18(3-4-19)6-10(12,13)14/h5,19H,2-4,6H2,1H3,(H,15,16,17). The highest BCUT2D eigenvalue weighted by atomic mass is 19.4. The van der Waals surface area contributed by atoms with Gasteiger partial charge in [0.05, 0.1) is 12.8 Å². The zero-order chi connectivity index (χ0) is 14.5. The van der Waals surface area contributed by atoms with Gasteiger partial charge in [-0.3, -0.25) is 0 Å². The maximum atomic E-state index is 13.5. The Kier molecular flexibility index (Phi) is 5.28. The van der Waals surface area contributed by atoms with Gasteiger partial charge in [0.25, 0.3) is 0 Å². The first kappa shape index (κ1) is 15.4. The Hall–Kier alpha value is -1.64. The fourth-order valence-corrected chi connectivity index (χ4v) is 1.42. The Labute approximate surface area is 107 Å². The molecule has 0 amide bonds. The van der Waals surface area contributed by atoms with Crippen LogP contribution < -0.4 is 10.2 Å². The van der Waals surface area contributed by atoms with Gasteiger partial charge in [-0.05, 0) is 6.92 Å². The molecule has 0 fully saturated rings. The van der Waals surface area contributed by atoms with Gasteiger partial charge in [-0.15, -0.1) is 0 Å². The number of hydrogen-bond acceptors (Lipinski definition) is 5. The highest BCUT2D eigenvalue weighted by Crippen LogP contribution is 2.23. The number of aromatic nitrogens is 2. The first-order valence-corrected chi connectivity index (χ1v) is 5.56. The largest absolute Gasteiger partial charge is 0.405 e. The fraction of sp³-hybridized carbons (Fsp3) is 0.600. The third-order valence-corrected chi connectivity index (χ3v) is 2.10. The van der Waals surface area contributed by atoms with E-state index in [9.17, 15) is 17.6 Å². The van der Waals surface area contributed by atoms with Crippen molar-refractivity contribution in [3.05, 3.63) is 12.0 Å². The molecule has 0 atom stereocenters. The highest BCUT2D eigenvalue weighted by Gasteiger charge is 2.32. The molecule has 0 aliphatic carbocycles. The van der Waals surface area contributed by atoms with Crippen LogP contribution in [0.4, 0.5) is 29.3 Å². The second-order valence-corrected chi connectivity index (χ2v) is 3.66. The summed E-state index contributed by atoms with van der Waals surface area (Å²) in [6.07, 6.45) is -3.73. The van der Waals surface area contributed by atoms with Crippen molar-refractivity contribution in [3.8, 4) is 0 Å². The summed E-state index contributed by atoms with van der Waals surface area (Å²) >= 11 is 0. The number of anilines is 2. The number of hydrogen-bond donors (Lipinski definition) is 2. The molecule has 0 spiro atoms. The smallest absolute Gasteiger partial charge is 0.395 e. The van der Waals surface area contributed by atoms with Crippen LogP contribution in [0, 0.1) is 5.82 Å². The van der Waals surface area contributed by atoms with Crippen LogP contribution in [-0.4, -0.2) is 47.5 Å². The molecule has 1 rings (SSSR count). The Morgan fingerprint density at radius 1 is 1.42 bits per heavy atom. The number of alkyl halides is 3. The second kappa shape index (κ2) is 6.50. The first-order chi connectivity index (χ1) is 8.87. The van der Waals surface area contributed by atoms with Crippen LogP contribution in [-0.2, 0) is 0 Å². The summed E-state index contributed by atoms with van der Waals surface area (Å²) < 4.78 is 50.7. The lowest BCUT2D eigenvalue weighted by atomic mass is 10.4. The predicted octanol–water partition coefficient (Wildman–Crippen LogP) is 1.41. The van der Waals surface area contributed by atoms with Crippen molar-refractivity contribution in [2.75, 3.05) is 36.5 Å². The maximum absolute atomic E-state index is 13.5. The van der Waals surface area contributed by atoms with Crippen LogP contribution in [0.15, 0.2) is 6.20 Å². The quantitative estimate of drug-likeness (QED) is 0.772. The van der Waals surface area contributed by atoms with Gasteiger partial charge in [-0.2, -0.15) is 18.2 Å².